The SMILES string of the molecule is CCCc1nccn1-c1cc(C(=O)O)cc(CC)n1. The van der Waals surface area contributed by atoms with Gasteiger partial charge in [0.05, 0.1) is 5.56 Å². The fourth-order valence-electron chi connectivity index (χ4n) is 1.95. The van der Waals surface area contributed by atoms with E-state index in [1.807, 2.05) is 17.7 Å². The number of hydrogen-bond donors (Lipinski definition) is 1. The van der Waals surface area contributed by atoms with Gasteiger partial charge in [-0.1, -0.05) is 13.8 Å². The smallest absolute Gasteiger partial charge is 0.335 e. The molecular weight excluding hydrogens is 242 g/mol. The first-order valence-electron chi connectivity index (χ1n) is 6.42. The van der Waals surface area contributed by atoms with E-state index in [9.17, 15) is 4.79 Å². The first-order valence-corrected chi connectivity index (χ1v) is 6.42. The summed E-state index contributed by atoms with van der Waals surface area (Å²) < 4.78 is 1.86. The van der Waals surface area contributed by atoms with E-state index in [1.54, 1.807) is 18.3 Å². The summed E-state index contributed by atoms with van der Waals surface area (Å²) in [6.45, 7) is 4.04. The second kappa shape index (κ2) is 5.65. The predicted octanol–water partition coefficient (Wildman–Crippen LogP) is 2.48. The highest BCUT2D eigenvalue weighted by Crippen LogP contribution is 2.14. The minimum absolute atomic E-state index is 0.262. The number of imidazole rings is 1. The van der Waals surface area contributed by atoms with Crippen molar-refractivity contribution >= 4 is 5.97 Å². The van der Waals surface area contributed by atoms with E-state index >= 15 is 0 Å². The van der Waals surface area contributed by atoms with Gasteiger partial charge in [-0.25, -0.2) is 14.8 Å². The van der Waals surface area contributed by atoms with Gasteiger partial charge in [0.2, 0.25) is 0 Å². The van der Waals surface area contributed by atoms with Crippen molar-refractivity contribution in [3.63, 3.8) is 0 Å². The van der Waals surface area contributed by atoms with Crippen molar-refractivity contribution in [2.75, 3.05) is 0 Å². The third-order valence-electron chi connectivity index (χ3n) is 2.91. The topological polar surface area (TPSA) is 68.0 Å². The molecule has 0 amide bonds. The lowest BCUT2D eigenvalue weighted by Crippen LogP contribution is -2.07. The zero-order chi connectivity index (χ0) is 13.8. The fraction of sp³-hybridized carbons (Fsp3) is 0.357. The van der Waals surface area contributed by atoms with Gasteiger partial charge >= 0.3 is 5.97 Å². The highest BCUT2D eigenvalue weighted by molar-refractivity contribution is 5.88. The standard InChI is InChI=1S/C14H17N3O2/c1-3-5-12-15-6-7-17(12)13-9-10(14(18)19)8-11(4-2)16-13/h6-9H,3-5H2,1-2H3,(H,18,19). The lowest BCUT2D eigenvalue weighted by Gasteiger charge is -2.09. The van der Waals surface area contributed by atoms with Gasteiger partial charge in [0, 0.05) is 24.5 Å². The number of rotatable bonds is 5. The van der Waals surface area contributed by atoms with Gasteiger partial charge in [0.1, 0.15) is 11.6 Å². The Kier molecular flexibility index (Phi) is 3.94. The van der Waals surface area contributed by atoms with Gasteiger partial charge in [-0.2, -0.15) is 0 Å². The van der Waals surface area contributed by atoms with Gasteiger partial charge in [-0.15, -0.1) is 0 Å². The number of aryl methyl sites for hydroxylation is 2. The molecule has 0 aromatic carbocycles. The molecule has 2 rings (SSSR count). The number of aromatic nitrogens is 3. The summed E-state index contributed by atoms with van der Waals surface area (Å²) in [7, 11) is 0. The molecule has 5 nitrogen and oxygen atoms in total. The Morgan fingerprint density at radius 2 is 2.16 bits per heavy atom. The predicted molar refractivity (Wildman–Crippen MR) is 71.7 cm³/mol. The van der Waals surface area contributed by atoms with Crippen LogP contribution >= 0.6 is 0 Å². The molecule has 100 valence electrons. The number of hydrogen-bond acceptors (Lipinski definition) is 3. The van der Waals surface area contributed by atoms with Gasteiger partial charge < -0.3 is 5.11 Å². The van der Waals surface area contributed by atoms with E-state index in [-0.39, 0.29) is 5.56 Å². The first kappa shape index (κ1) is 13.3. The van der Waals surface area contributed by atoms with Crippen molar-refractivity contribution in [3.05, 3.63) is 41.6 Å². The Bertz CT molecular complexity index is 590. The molecule has 0 saturated carbocycles. The summed E-state index contributed by atoms with van der Waals surface area (Å²) >= 11 is 0. The van der Waals surface area contributed by atoms with Crippen LogP contribution in [-0.2, 0) is 12.8 Å². The lowest BCUT2D eigenvalue weighted by atomic mass is 10.2. The van der Waals surface area contributed by atoms with E-state index in [1.165, 1.54) is 0 Å². The number of nitrogens with zero attached hydrogens (tertiary/aromatic N) is 3. The summed E-state index contributed by atoms with van der Waals surface area (Å²) in [5.41, 5.74) is 1.03. The van der Waals surface area contributed by atoms with Gasteiger partial charge in [0.25, 0.3) is 0 Å². The molecule has 0 aliphatic heterocycles. The Labute approximate surface area is 111 Å². The number of carbonyl (C=O) groups is 1. The van der Waals surface area contributed by atoms with Crippen LogP contribution < -0.4 is 0 Å². The van der Waals surface area contributed by atoms with E-state index < -0.39 is 5.97 Å². The Morgan fingerprint density at radius 1 is 1.37 bits per heavy atom. The third-order valence-corrected chi connectivity index (χ3v) is 2.91. The number of carboxylic acids is 1. The highest BCUT2D eigenvalue weighted by Gasteiger charge is 2.11. The Balaban J connectivity index is 2.51. The van der Waals surface area contributed by atoms with Crippen molar-refractivity contribution in [2.24, 2.45) is 0 Å². The molecule has 5 heteroatoms. The quantitative estimate of drug-likeness (QED) is 0.895. The van der Waals surface area contributed by atoms with Gasteiger partial charge in [-0.3, -0.25) is 4.57 Å². The number of aromatic carboxylic acids is 1. The average Bonchev–Trinajstić information content (AvgIpc) is 2.87. The molecule has 0 spiro atoms. The van der Waals surface area contributed by atoms with Crippen LogP contribution in [0.15, 0.2) is 24.5 Å². The maximum absolute atomic E-state index is 11.1. The Morgan fingerprint density at radius 3 is 2.79 bits per heavy atom. The van der Waals surface area contributed by atoms with Crippen molar-refractivity contribution in [3.8, 4) is 5.82 Å². The molecule has 0 aliphatic rings. The van der Waals surface area contributed by atoms with E-state index in [2.05, 4.69) is 16.9 Å². The van der Waals surface area contributed by atoms with E-state index in [0.717, 1.165) is 24.4 Å². The summed E-state index contributed by atoms with van der Waals surface area (Å²) in [5.74, 6) is 0.591. The molecule has 0 atom stereocenters. The number of carboxylic acid groups (broad SMARTS) is 1. The normalized spacial score (nSPS) is 10.6. The molecule has 1 N–H and O–H groups in total. The van der Waals surface area contributed by atoms with Crippen LogP contribution in [0.5, 0.6) is 0 Å². The summed E-state index contributed by atoms with van der Waals surface area (Å²) in [4.78, 5) is 19.9. The number of pyridine rings is 1. The lowest BCUT2D eigenvalue weighted by molar-refractivity contribution is 0.0696. The molecule has 0 saturated heterocycles. The van der Waals surface area contributed by atoms with E-state index in [0.29, 0.717) is 12.2 Å². The molecule has 2 aromatic heterocycles. The first-order chi connectivity index (χ1) is 9.15. The van der Waals surface area contributed by atoms with Crippen LogP contribution in [-0.4, -0.2) is 25.6 Å². The molecule has 19 heavy (non-hydrogen) atoms. The molecule has 2 aromatic rings. The van der Waals surface area contributed by atoms with Crippen molar-refractivity contribution in [1.82, 2.24) is 14.5 Å². The van der Waals surface area contributed by atoms with Crippen LogP contribution in [0.25, 0.3) is 5.82 Å². The third kappa shape index (κ3) is 2.81. The second-order valence-electron chi connectivity index (χ2n) is 4.33. The summed E-state index contributed by atoms with van der Waals surface area (Å²) in [5, 5.41) is 9.15. The largest absolute Gasteiger partial charge is 0.478 e. The molecule has 0 radical (unpaired) electrons. The second-order valence-corrected chi connectivity index (χ2v) is 4.33. The zero-order valence-electron chi connectivity index (χ0n) is 11.1. The van der Waals surface area contributed by atoms with E-state index in [4.69, 9.17) is 5.11 Å². The Hall–Kier alpha value is -2.17. The summed E-state index contributed by atoms with van der Waals surface area (Å²) in [6, 6.07) is 3.20. The van der Waals surface area contributed by atoms with Gasteiger partial charge in [-0.05, 0) is 25.0 Å². The minimum Gasteiger partial charge on any atom is -0.478 e. The molecule has 0 bridgehead atoms. The zero-order valence-corrected chi connectivity index (χ0v) is 11.1. The highest BCUT2D eigenvalue weighted by atomic mass is 16.4. The van der Waals surface area contributed by atoms with Crippen LogP contribution in [0, 0.1) is 0 Å². The fourth-order valence-corrected chi connectivity index (χ4v) is 1.95. The van der Waals surface area contributed by atoms with Crippen molar-refractivity contribution in [2.45, 2.75) is 33.1 Å². The molecule has 2 heterocycles. The van der Waals surface area contributed by atoms with Crippen LogP contribution in [0.1, 0.15) is 42.1 Å². The van der Waals surface area contributed by atoms with Crippen LogP contribution in [0.2, 0.25) is 0 Å². The van der Waals surface area contributed by atoms with Crippen molar-refractivity contribution in [1.29, 1.82) is 0 Å². The molecule has 0 aliphatic carbocycles. The maximum atomic E-state index is 11.1. The molecular formula is C14H17N3O2. The average molecular weight is 259 g/mol. The summed E-state index contributed by atoms with van der Waals surface area (Å²) in [6.07, 6.45) is 6.06. The minimum atomic E-state index is -0.935. The molecule has 0 fully saturated rings. The van der Waals surface area contributed by atoms with Crippen LogP contribution in [0.4, 0.5) is 0 Å². The van der Waals surface area contributed by atoms with Crippen LogP contribution in [0.3, 0.4) is 0 Å². The monoisotopic (exact) mass is 259 g/mol. The maximum Gasteiger partial charge on any atom is 0.335 e. The van der Waals surface area contributed by atoms with Gasteiger partial charge in [0.15, 0.2) is 0 Å². The molecule has 0 unspecified atom stereocenters. The van der Waals surface area contributed by atoms with Crippen molar-refractivity contribution < 1.29 is 9.90 Å².